The van der Waals surface area contributed by atoms with Crippen molar-refractivity contribution in [1.82, 2.24) is 0 Å². The van der Waals surface area contributed by atoms with Gasteiger partial charge in [-0.2, -0.15) is 0 Å². The summed E-state index contributed by atoms with van der Waals surface area (Å²) in [6.07, 6.45) is 0.912. The van der Waals surface area contributed by atoms with Gasteiger partial charge in [0.1, 0.15) is 11.5 Å². The molecule has 5 heteroatoms. The summed E-state index contributed by atoms with van der Waals surface area (Å²) in [5.41, 5.74) is 1.51. The van der Waals surface area contributed by atoms with Crippen LogP contribution in [-0.2, 0) is 15.9 Å². The molecule has 122 valence electrons. The number of Topliss-reactive ketones (excluding diaryl/α,β-unsaturated/α-hetero) is 1. The Morgan fingerprint density at radius 2 is 1.68 bits per heavy atom. The van der Waals surface area contributed by atoms with Gasteiger partial charge >= 0.3 is 0 Å². The van der Waals surface area contributed by atoms with E-state index in [0.717, 1.165) is 17.7 Å². The van der Waals surface area contributed by atoms with Crippen LogP contribution in [0.4, 0.5) is 0 Å². The fourth-order valence-electron chi connectivity index (χ4n) is 2.97. The Morgan fingerprint density at radius 1 is 1.09 bits per heavy atom. The van der Waals surface area contributed by atoms with Crippen LogP contribution in [0, 0.1) is 5.92 Å². The summed E-state index contributed by atoms with van der Waals surface area (Å²) in [7, 11) is 3.18. The van der Waals surface area contributed by atoms with Gasteiger partial charge in [0.15, 0.2) is 12.1 Å². The number of ketones is 1. The van der Waals surface area contributed by atoms with E-state index in [1.54, 1.807) is 20.3 Å². The highest BCUT2D eigenvalue weighted by molar-refractivity contribution is 6.03. The van der Waals surface area contributed by atoms with Gasteiger partial charge in [0, 0.05) is 18.8 Å². The van der Waals surface area contributed by atoms with Crippen molar-refractivity contribution < 1.29 is 23.7 Å². The van der Waals surface area contributed by atoms with Crippen LogP contribution >= 0.6 is 0 Å². The molecule has 1 aromatic rings. The normalized spacial score (nSPS) is 17.5. The molecule has 1 atom stereocenters. The van der Waals surface area contributed by atoms with Gasteiger partial charge in [-0.15, -0.1) is 0 Å². The molecule has 0 bridgehead atoms. The van der Waals surface area contributed by atoms with Gasteiger partial charge in [0.2, 0.25) is 0 Å². The SMILES string of the molecule is CCOC(OCC)C1CCc2c(OC)ccc(OC)c2C1=O. The van der Waals surface area contributed by atoms with Crippen LogP contribution in [-0.4, -0.2) is 39.5 Å². The second kappa shape index (κ2) is 7.61. The molecule has 1 aliphatic rings. The van der Waals surface area contributed by atoms with Crippen molar-refractivity contribution in [2.45, 2.75) is 33.0 Å². The lowest BCUT2D eigenvalue weighted by atomic mass is 9.81. The summed E-state index contributed by atoms with van der Waals surface area (Å²) >= 11 is 0. The van der Waals surface area contributed by atoms with Crippen LogP contribution in [0.15, 0.2) is 12.1 Å². The molecular weight excluding hydrogens is 284 g/mol. The van der Waals surface area contributed by atoms with E-state index in [9.17, 15) is 4.79 Å². The number of carbonyl (C=O) groups is 1. The average Bonchev–Trinajstić information content (AvgIpc) is 2.54. The van der Waals surface area contributed by atoms with Crippen molar-refractivity contribution in [1.29, 1.82) is 0 Å². The van der Waals surface area contributed by atoms with Crippen LogP contribution in [0.25, 0.3) is 0 Å². The zero-order valence-electron chi connectivity index (χ0n) is 13.7. The van der Waals surface area contributed by atoms with Crippen molar-refractivity contribution in [3.8, 4) is 11.5 Å². The first-order valence-corrected chi connectivity index (χ1v) is 7.69. The largest absolute Gasteiger partial charge is 0.496 e. The van der Waals surface area contributed by atoms with E-state index in [1.165, 1.54) is 0 Å². The molecule has 0 N–H and O–H groups in total. The van der Waals surface area contributed by atoms with Crippen molar-refractivity contribution in [2.75, 3.05) is 27.4 Å². The summed E-state index contributed by atoms with van der Waals surface area (Å²) in [6.45, 7) is 4.82. The molecule has 22 heavy (non-hydrogen) atoms. The quantitative estimate of drug-likeness (QED) is 0.725. The number of hydrogen-bond acceptors (Lipinski definition) is 5. The molecule has 0 aromatic heterocycles. The fraction of sp³-hybridized carbons (Fsp3) is 0.588. The molecule has 1 aromatic carbocycles. The molecule has 0 radical (unpaired) electrons. The minimum Gasteiger partial charge on any atom is -0.496 e. The second-order valence-electron chi connectivity index (χ2n) is 5.11. The zero-order valence-corrected chi connectivity index (χ0v) is 13.7. The molecular formula is C17H24O5. The van der Waals surface area contributed by atoms with Gasteiger partial charge in [-0.25, -0.2) is 0 Å². The zero-order chi connectivity index (χ0) is 16.1. The molecule has 0 saturated heterocycles. The van der Waals surface area contributed by atoms with Crippen molar-refractivity contribution in [3.05, 3.63) is 23.3 Å². The third-order valence-corrected chi connectivity index (χ3v) is 3.95. The van der Waals surface area contributed by atoms with Gasteiger partial charge in [-0.3, -0.25) is 4.79 Å². The van der Waals surface area contributed by atoms with E-state index in [0.29, 0.717) is 30.9 Å². The Morgan fingerprint density at radius 3 is 2.23 bits per heavy atom. The third-order valence-electron chi connectivity index (χ3n) is 3.95. The monoisotopic (exact) mass is 308 g/mol. The maximum absolute atomic E-state index is 13.0. The van der Waals surface area contributed by atoms with Gasteiger partial charge < -0.3 is 18.9 Å². The Labute approximate surface area is 131 Å². The average molecular weight is 308 g/mol. The lowest BCUT2D eigenvalue weighted by molar-refractivity contribution is -0.158. The van der Waals surface area contributed by atoms with E-state index < -0.39 is 6.29 Å². The van der Waals surface area contributed by atoms with E-state index in [2.05, 4.69) is 0 Å². The lowest BCUT2D eigenvalue weighted by Crippen LogP contribution is -2.37. The summed E-state index contributed by atoms with van der Waals surface area (Å²) in [5.74, 6) is 1.00. The van der Waals surface area contributed by atoms with Gasteiger partial charge in [0.05, 0.1) is 25.7 Å². The van der Waals surface area contributed by atoms with Crippen LogP contribution in [0.3, 0.4) is 0 Å². The number of benzene rings is 1. The summed E-state index contributed by atoms with van der Waals surface area (Å²) < 4.78 is 22.0. The van der Waals surface area contributed by atoms with Crippen LogP contribution in [0.5, 0.6) is 11.5 Å². The van der Waals surface area contributed by atoms with Crippen molar-refractivity contribution in [3.63, 3.8) is 0 Å². The number of hydrogen-bond donors (Lipinski definition) is 0. The first kappa shape index (κ1) is 16.8. The number of rotatable bonds is 7. The Bertz CT molecular complexity index is 520. The minimum absolute atomic E-state index is 0.00361. The minimum atomic E-state index is -0.508. The molecule has 0 saturated carbocycles. The maximum Gasteiger partial charge on any atom is 0.175 e. The van der Waals surface area contributed by atoms with Crippen molar-refractivity contribution in [2.24, 2.45) is 5.92 Å². The Kier molecular flexibility index (Phi) is 5.80. The number of carbonyl (C=O) groups excluding carboxylic acids is 1. The first-order valence-electron chi connectivity index (χ1n) is 7.69. The molecule has 1 unspecified atom stereocenters. The summed E-state index contributed by atoms with van der Waals surface area (Å²) in [6, 6.07) is 3.61. The standard InChI is InChI=1S/C17H24O5/c1-5-21-17(22-6-2)12-8-7-11-13(19-3)9-10-14(20-4)15(11)16(12)18/h9-10,12,17H,5-8H2,1-4H3. The first-order chi connectivity index (χ1) is 10.7. The van der Waals surface area contributed by atoms with Gasteiger partial charge in [0.25, 0.3) is 0 Å². The number of fused-ring (bicyclic) bond motifs is 1. The third kappa shape index (κ3) is 3.10. The molecule has 0 aliphatic heterocycles. The highest BCUT2D eigenvalue weighted by Gasteiger charge is 2.37. The van der Waals surface area contributed by atoms with E-state index in [1.807, 2.05) is 19.9 Å². The molecule has 0 spiro atoms. The maximum atomic E-state index is 13.0. The van der Waals surface area contributed by atoms with E-state index in [-0.39, 0.29) is 11.7 Å². The molecule has 0 fully saturated rings. The predicted molar refractivity (Wildman–Crippen MR) is 82.7 cm³/mol. The smallest absolute Gasteiger partial charge is 0.175 e. The van der Waals surface area contributed by atoms with E-state index in [4.69, 9.17) is 18.9 Å². The molecule has 5 nitrogen and oxygen atoms in total. The molecule has 0 heterocycles. The van der Waals surface area contributed by atoms with Gasteiger partial charge in [-0.1, -0.05) is 0 Å². The Hall–Kier alpha value is -1.59. The predicted octanol–water partition coefficient (Wildman–Crippen LogP) is 2.85. The molecule has 1 aliphatic carbocycles. The highest BCUT2D eigenvalue weighted by atomic mass is 16.7. The second-order valence-corrected chi connectivity index (χ2v) is 5.11. The topological polar surface area (TPSA) is 54.0 Å². The lowest BCUT2D eigenvalue weighted by Gasteiger charge is -2.31. The molecule has 0 amide bonds. The fourth-order valence-corrected chi connectivity index (χ4v) is 2.97. The molecule has 2 rings (SSSR count). The van der Waals surface area contributed by atoms with Gasteiger partial charge in [-0.05, 0) is 38.8 Å². The van der Waals surface area contributed by atoms with E-state index >= 15 is 0 Å². The summed E-state index contributed by atoms with van der Waals surface area (Å²) in [5, 5.41) is 0. The van der Waals surface area contributed by atoms with Crippen molar-refractivity contribution >= 4 is 5.78 Å². The van der Waals surface area contributed by atoms with Crippen LogP contribution in [0.1, 0.15) is 36.2 Å². The Balaban J connectivity index is 2.39. The summed E-state index contributed by atoms with van der Waals surface area (Å²) in [4.78, 5) is 13.0. The number of methoxy groups -OCH3 is 2. The highest BCUT2D eigenvalue weighted by Crippen LogP contribution is 2.39. The van der Waals surface area contributed by atoms with Crippen LogP contribution in [0.2, 0.25) is 0 Å². The van der Waals surface area contributed by atoms with Crippen LogP contribution < -0.4 is 9.47 Å². The number of ether oxygens (including phenoxy) is 4.